The van der Waals surface area contributed by atoms with Crippen LogP contribution in [0.25, 0.3) is 16.6 Å². The number of rotatable bonds is 5. The highest BCUT2D eigenvalue weighted by atomic mass is 35.5. The molecule has 0 radical (unpaired) electrons. The molecule has 0 unspecified atom stereocenters. The molecule has 0 aliphatic heterocycles. The highest BCUT2D eigenvalue weighted by molar-refractivity contribution is 6.59. The Hall–Kier alpha value is -2.30. The van der Waals surface area contributed by atoms with Crippen LogP contribution in [0.5, 0.6) is 5.88 Å². The summed E-state index contributed by atoms with van der Waals surface area (Å²) in [6.07, 6.45) is 1.26. The second-order valence-corrected chi connectivity index (χ2v) is 7.41. The molecule has 30 heavy (non-hydrogen) atoms. The quantitative estimate of drug-likeness (QED) is 0.432. The van der Waals surface area contributed by atoms with Crippen molar-refractivity contribution in [3.05, 3.63) is 55.4 Å². The molecule has 2 heterocycles. The van der Waals surface area contributed by atoms with Gasteiger partial charge in [0.1, 0.15) is 5.39 Å². The molecule has 0 aliphatic rings. The molecule has 0 atom stereocenters. The van der Waals surface area contributed by atoms with Crippen molar-refractivity contribution in [1.82, 2.24) is 9.55 Å². The number of pyridine rings is 2. The Morgan fingerprint density at radius 3 is 2.37 bits per heavy atom. The molecule has 0 spiro atoms. The number of hydrogen-bond acceptors (Lipinski definition) is 7. The second-order valence-electron chi connectivity index (χ2n) is 6.19. The van der Waals surface area contributed by atoms with Crippen LogP contribution in [0.2, 0.25) is 15.1 Å². The van der Waals surface area contributed by atoms with Crippen molar-refractivity contribution in [2.75, 3.05) is 13.7 Å². The minimum Gasteiger partial charge on any atom is -0.466 e. The van der Waals surface area contributed by atoms with Crippen molar-refractivity contribution in [1.29, 1.82) is 0 Å². The lowest BCUT2D eigenvalue weighted by Crippen LogP contribution is -2.30. The predicted octanol–water partition coefficient (Wildman–Crippen LogP) is 1.89. The van der Waals surface area contributed by atoms with E-state index in [0.717, 1.165) is 0 Å². The first-order valence-corrected chi connectivity index (χ1v) is 9.55. The van der Waals surface area contributed by atoms with Gasteiger partial charge in [0.15, 0.2) is 12.0 Å². The first-order valence-electron chi connectivity index (χ1n) is 8.41. The standard InChI is InChI=1S/C18H14BCl3N2O6/c1-8-3-13(25)15-17(12(22)6-23-18(15)30-7-14(26)29-2)24(8)16-10(20)4-9(19(27)28)5-11(16)21/h3-6,27-28H,7H2,1-2H3. The summed E-state index contributed by atoms with van der Waals surface area (Å²) in [6, 6.07) is 3.98. The van der Waals surface area contributed by atoms with Gasteiger partial charge in [-0.15, -0.1) is 0 Å². The van der Waals surface area contributed by atoms with Crippen molar-refractivity contribution in [3.63, 3.8) is 0 Å². The zero-order valence-corrected chi connectivity index (χ0v) is 17.9. The van der Waals surface area contributed by atoms with Gasteiger partial charge in [-0.1, -0.05) is 34.8 Å². The number of benzene rings is 1. The highest BCUT2D eigenvalue weighted by Gasteiger charge is 2.23. The monoisotopic (exact) mass is 470 g/mol. The van der Waals surface area contributed by atoms with Crippen LogP contribution in [0, 0.1) is 6.92 Å². The smallest absolute Gasteiger partial charge is 0.466 e. The molecule has 0 amide bonds. The molecule has 0 aliphatic carbocycles. The van der Waals surface area contributed by atoms with Gasteiger partial charge in [-0.2, -0.15) is 0 Å². The van der Waals surface area contributed by atoms with Gasteiger partial charge in [0, 0.05) is 11.8 Å². The number of aromatic nitrogens is 2. The highest BCUT2D eigenvalue weighted by Crippen LogP contribution is 2.35. The van der Waals surface area contributed by atoms with Crippen molar-refractivity contribution in [2.24, 2.45) is 0 Å². The third-order valence-corrected chi connectivity index (χ3v) is 5.10. The Bertz CT molecular complexity index is 1190. The van der Waals surface area contributed by atoms with Crippen LogP contribution < -0.4 is 15.6 Å². The van der Waals surface area contributed by atoms with Crippen LogP contribution in [0.15, 0.2) is 29.2 Å². The minimum atomic E-state index is -1.77. The number of nitrogens with zero attached hydrogens (tertiary/aromatic N) is 2. The zero-order valence-electron chi connectivity index (χ0n) is 15.6. The van der Waals surface area contributed by atoms with Gasteiger partial charge in [-0.05, 0) is 24.5 Å². The summed E-state index contributed by atoms with van der Waals surface area (Å²) < 4.78 is 11.4. The summed E-state index contributed by atoms with van der Waals surface area (Å²) in [6.45, 7) is 1.19. The topological polar surface area (TPSA) is 111 Å². The number of methoxy groups -OCH3 is 1. The first kappa shape index (κ1) is 22.4. The molecule has 8 nitrogen and oxygen atoms in total. The molecule has 3 aromatic rings. The average Bonchev–Trinajstić information content (AvgIpc) is 2.68. The van der Waals surface area contributed by atoms with Crippen molar-refractivity contribution >= 4 is 64.3 Å². The number of carbonyl (C=O) groups is 1. The van der Waals surface area contributed by atoms with Gasteiger partial charge in [0.25, 0.3) is 0 Å². The summed E-state index contributed by atoms with van der Waals surface area (Å²) in [4.78, 5) is 28.2. The van der Waals surface area contributed by atoms with E-state index in [0.29, 0.717) is 5.69 Å². The molecule has 156 valence electrons. The summed E-state index contributed by atoms with van der Waals surface area (Å²) >= 11 is 19.1. The van der Waals surface area contributed by atoms with Crippen LogP contribution in [-0.4, -0.2) is 46.4 Å². The fourth-order valence-corrected chi connectivity index (χ4v) is 3.84. The predicted molar refractivity (Wildman–Crippen MR) is 114 cm³/mol. The molecule has 3 rings (SSSR count). The summed E-state index contributed by atoms with van der Waals surface area (Å²) in [7, 11) is -0.570. The van der Waals surface area contributed by atoms with E-state index >= 15 is 0 Å². The van der Waals surface area contributed by atoms with E-state index in [1.165, 1.54) is 36.1 Å². The summed E-state index contributed by atoms with van der Waals surface area (Å²) in [5.41, 5.74) is 0.561. The number of carbonyl (C=O) groups excluding carboxylic acids is 1. The third kappa shape index (κ3) is 4.12. The number of ether oxygens (including phenoxy) is 2. The molecule has 1 aromatic carbocycles. The van der Waals surface area contributed by atoms with Gasteiger partial charge in [-0.25, -0.2) is 9.78 Å². The maximum absolute atomic E-state index is 12.7. The SMILES string of the molecule is COC(=O)COc1ncc(Cl)c2c1c(=O)cc(C)n2-c1c(Cl)cc(B(O)O)cc1Cl. The first-order chi connectivity index (χ1) is 14.1. The molecule has 2 aromatic heterocycles. The number of aryl methyl sites for hydroxylation is 1. The Morgan fingerprint density at radius 2 is 1.80 bits per heavy atom. The molecular formula is C18H14BCl3N2O6. The van der Waals surface area contributed by atoms with Gasteiger partial charge in [-0.3, -0.25) is 4.79 Å². The van der Waals surface area contributed by atoms with Gasteiger partial charge in [0.05, 0.1) is 39.6 Å². The lowest BCUT2D eigenvalue weighted by molar-refractivity contribution is -0.142. The van der Waals surface area contributed by atoms with E-state index in [-0.39, 0.29) is 43.0 Å². The Balaban J connectivity index is 2.35. The van der Waals surface area contributed by atoms with Crippen molar-refractivity contribution in [2.45, 2.75) is 6.92 Å². The van der Waals surface area contributed by atoms with Crippen LogP contribution in [-0.2, 0) is 9.53 Å². The summed E-state index contributed by atoms with van der Waals surface area (Å²) in [5, 5.41) is 19.1. The summed E-state index contributed by atoms with van der Waals surface area (Å²) in [5.74, 6) is -0.773. The van der Waals surface area contributed by atoms with E-state index in [1.54, 1.807) is 6.92 Å². The van der Waals surface area contributed by atoms with Crippen LogP contribution >= 0.6 is 34.8 Å². The van der Waals surface area contributed by atoms with Gasteiger partial charge < -0.3 is 24.1 Å². The van der Waals surface area contributed by atoms with Crippen LogP contribution in [0.4, 0.5) is 0 Å². The molecule has 12 heteroatoms. The Morgan fingerprint density at radius 1 is 1.17 bits per heavy atom. The maximum atomic E-state index is 12.7. The zero-order chi connectivity index (χ0) is 22.2. The maximum Gasteiger partial charge on any atom is 0.488 e. The van der Waals surface area contributed by atoms with Crippen LogP contribution in [0.1, 0.15) is 5.69 Å². The molecule has 0 saturated carbocycles. The molecule has 0 fully saturated rings. The lowest BCUT2D eigenvalue weighted by Gasteiger charge is -2.20. The van der Waals surface area contributed by atoms with Gasteiger partial charge >= 0.3 is 13.1 Å². The Kier molecular flexibility index (Phi) is 6.59. The average molecular weight is 471 g/mol. The van der Waals surface area contributed by atoms with Crippen LogP contribution in [0.3, 0.4) is 0 Å². The minimum absolute atomic E-state index is 0.00964. The lowest BCUT2D eigenvalue weighted by atomic mass is 9.80. The van der Waals surface area contributed by atoms with E-state index < -0.39 is 25.1 Å². The Labute approximate surface area is 185 Å². The third-order valence-electron chi connectivity index (χ3n) is 4.25. The normalized spacial score (nSPS) is 10.9. The molecule has 0 saturated heterocycles. The van der Waals surface area contributed by atoms with Crippen molar-refractivity contribution in [3.8, 4) is 11.6 Å². The number of esters is 1. The van der Waals surface area contributed by atoms with E-state index in [2.05, 4.69) is 9.72 Å². The van der Waals surface area contributed by atoms with E-state index in [1.807, 2.05) is 0 Å². The number of fused-ring (bicyclic) bond motifs is 1. The van der Waals surface area contributed by atoms with E-state index in [9.17, 15) is 19.6 Å². The number of hydrogen-bond donors (Lipinski definition) is 2. The molecular weight excluding hydrogens is 457 g/mol. The van der Waals surface area contributed by atoms with Gasteiger partial charge in [0.2, 0.25) is 5.88 Å². The number of halogens is 3. The second kappa shape index (κ2) is 8.83. The molecule has 2 N–H and O–H groups in total. The fourth-order valence-electron chi connectivity index (χ4n) is 2.94. The fraction of sp³-hybridized carbons (Fsp3) is 0.167. The molecule has 0 bridgehead atoms. The largest absolute Gasteiger partial charge is 0.488 e. The van der Waals surface area contributed by atoms with E-state index in [4.69, 9.17) is 39.5 Å². The van der Waals surface area contributed by atoms with Crippen molar-refractivity contribution < 1.29 is 24.3 Å².